The monoisotopic (exact) mass is 304 g/mol. The number of aromatic nitrogens is 2. The zero-order valence-electron chi connectivity index (χ0n) is 11.4. The predicted molar refractivity (Wildman–Crippen MR) is 82.4 cm³/mol. The fourth-order valence-electron chi connectivity index (χ4n) is 2.87. The van der Waals surface area contributed by atoms with E-state index in [-0.39, 0.29) is 24.8 Å². The lowest BCUT2D eigenvalue weighted by molar-refractivity contribution is 0.456. The normalized spacial score (nSPS) is 25.7. The van der Waals surface area contributed by atoms with Gasteiger partial charge >= 0.3 is 0 Å². The molecule has 2 atom stereocenters. The highest BCUT2D eigenvalue weighted by molar-refractivity contribution is 5.85. The van der Waals surface area contributed by atoms with Gasteiger partial charge in [-0.1, -0.05) is 0 Å². The topological polar surface area (TPSA) is 55.0 Å². The minimum atomic E-state index is 0. The van der Waals surface area contributed by atoms with Gasteiger partial charge in [0.2, 0.25) is 0 Å². The van der Waals surface area contributed by atoms with E-state index in [4.69, 9.17) is 5.73 Å². The first-order valence-corrected chi connectivity index (χ1v) is 6.46. The molecule has 0 unspecified atom stereocenters. The van der Waals surface area contributed by atoms with E-state index in [1.807, 2.05) is 20.0 Å². The Balaban J connectivity index is 0.000000902. The van der Waals surface area contributed by atoms with Crippen LogP contribution in [0.25, 0.3) is 0 Å². The average molecular weight is 305 g/mol. The summed E-state index contributed by atoms with van der Waals surface area (Å²) in [5.74, 6) is 2.56. The second-order valence-electron chi connectivity index (χ2n) is 5.49. The first kappa shape index (κ1) is 16.5. The molecule has 1 aliphatic heterocycles. The smallest absolute Gasteiger partial charge is 0.150 e. The standard InChI is InChI=1S/C13H20N4.2ClH/c1-8-5-15-9(2)13(16-8)17-6-11(10-3-4-10)12(14)7-17;;/h5,10-12H,3-4,6-7,14H2,1-2H3;2*1H/t11-,12+;;/m1../s1. The van der Waals surface area contributed by atoms with Crippen molar-refractivity contribution < 1.29 is 0 Å². The number of nitrogens with two attached hydrogens (primary N) is 1. The molecule has 1 saturated heterocycles. The van der Waals surface area contributed by atoms with Crippen LogP contribution in [0.3, 0.4) is 0 Å². The van der Waals surface area contributed by atoms with Crippen LogP contribution in [0.15, 0.2) is 6.20 Å². The first-order valence-electron chi connectivity index (χ1n) is 6.46. The predicted octanol–water partition coefficient (Wildman–Crippen LogP) is 2.11. The molecule has 0 aromatic carbocycles. The second kappa shape index (κ2) is 6.25. The van der Waals surface area contributed by atoms with Gasteiger partial charge in [0.25, 0.3) is 0 Å². The van der Waals surface area contributed by atoms with Crippen LogP contribution in [0.4, 0.5) is 5.82 Å². The number of halogens is 2. The number of nitrogens with zero attached hydrogens (tertiary/aromatic N) is 3. The van der Waals surface area contributed by atoms with E-state index < -0.39 is 0 Å². The molecule has 0 spiro atoms. The van der Waals surface area contributed by atoms with Crippen LogP contribution in [0.1, 0.15) is 24.2 Å². The maximum atomic E-state index is 6.25. The van der Waals surface area contributed by atoms with Crippen LogP contribution in [-0.4, -0.2) is 29.1 Å². The molecule has 0 radical (unpaired) electrons. The summed E-state index contributed by atoms with van der Waals surface area (Å²) in [6.45, 7) is 6.01. The van der Waals surface area contributed by atoms with Crippen LogP contribution in [0.2, 0.25) is 0 Å². The lowest BCUT2D eigenvalue weighted by Gasteiger charge is -2.19. The Bertz CT molecular complexity index is 437. The summed E-state index contributed by atoms with van der Waals surface area (Å²) in [6, 6.07) is 0.309. The molecule has 2 N–H and O–H groups in total. The summed E-state index contributed by atoms with van der Waals surface area (Å²) < 4.78 is 0. The fraction of sp³-hybridized carbons (Fsp3) is 0.692. The number of hydrogen-bond donors (Lipinski definition) is 1. The van der Waals surface area contributed by atoms with Gasteiger partial charge in [0.1, 0.15) is 5.82 Å². The van der Waals surface area contributed by atoms with Crippen LogP contribution < -0.4 is 10.6 Å². The van der Waals surface area contributed by atoms with E-state index in [1.165, 1.54) is 12.8 Å². The third kappa shape index (κ3) is 3.30. The Morgan fingerprint density at radius 3 is 2.53 bits per heavy atom. The number of anilines is 1. The van der Waals surface area contributed by atoms with Gasteiger partial charge in [-0.2, -0.15) is 0 Å². The van der Waals surface area contributed by atoms with Crippen molar-refractivity contribution in [3.63, 3.8) is 0 Å². The molecule has 108 valence electrons. The summed E-state index contributed by atoms with van der Waals surface area (Å²) in [5.41, 5.74) is 8.24. The lowest BCUT2D eigenvalue weighted by Crippen LogP contribution is -2.30. The van der Waals surface area contributed by atoms with Crippen molar-refractivity contribution in [3.05, 3.63) is 17.6 Å². The SMILES string of the molecule is Cc1cnc(C)c(N2C[C@H](C3CC3)[C@@H](N)C2)n1.Cl.Cl. The second-order valence-corrected chi connectivity index (χ2v) is 5.49. The largest absolute Gasteiger partial charge is 0.353 e. The van der Waals surface area contributed by atoms with Gasteiger partial charge in [0.05, 0.1) is 11.4 Å². The van der Waals surface area contributed by atoms with E-state index in [2.05, 4.69) is 14.9 Å². The van der Waals surface area contributed by atoms with E-state index in [1.54, 1.807) is 0 Å². The van der Waals surface area contributed by atoms with Crippen molar-refractivity contribution in [1.82, 2.24) is 9.97 Å². The fourth-order valence-corrected chi connectivity index (χ4v) is 2.87. The Hall–Kier alpha value is -0.580. The molecule has 2 fully saturated rings. The average Bonchev–Trinajstić information content (AvgIpc) is 3.06. The van der Waals surface area contributed by atoms with Crippen LogP contribution in [0.5, 0.6) is 0 Å². The number of rotatable bonds is 2. The van der Waals surface area contributed by atoms with Crippen molar-refractivity contribution >= 4 is 30.6 Å². The van der Waals surface area contributed by atoms with Gasteiger partial charge in [0.15, 0.2) is 0 Å². The molecule has 0 amide bonds. The van der Waals surface area contributed by atoms with E-state index in [0.29, 0.717) is 12.0 Å². The van der Waals surface area contributed by atoms with Crippen molar-refractivity contribution in [3.8, 4) is 0 Å². The molecule has 1 saturated carbocycles. The molecular weight excluding hydrogens is 283 g/mol. The Morgan fingerprint density at radius 1 is 1.21 bits per heavy atom. The van der Waals surface area contributed by atoms with Crippen LogP contribution in [-0.2, 0) is 0 Å². The third-order valence-electron chi connectivity index (χ3n) is 3.99. The molecule has 1 aliphatic carbocycles. The molecular formula is C13H22Cl2N4. The Kier molecular flexibility index (Phi) is 5.42. The molecule has 2 aliphatic rings. The maximum Gasteiger partial charge on any atom is 0.150 e. The van der Waals surface area contributed by atoms with Gasteiger partial charge in [-0.25, -0.2) is 4.98 Å². The van der Waals surface area contributed by atoms with E-state index in [0.717, 1.165) is 36.2 Å². The van der Waals surface area contributed by atoms with Crippen molar-refractivity contribution in [2.45, 2.75) is 32.7 Å². The zero-order chi connectivity index (χ0) is 12.0. The summed E-state index contributed by atoms with van der Waals surface area (Å²) >= 11 is 0. The van der Waals surface area contributed by atoms with E-state index >= 15 is 0 Å². The third-order valence-corrected chi connectivity index (χ3v) is 3.99. The Morgan fingerprint density at radius 2 is 1.89 bits per heavy atom. The van der Waals surface area contributed by atoms with Gasteiger partial charge < -0.3 is 10.6 Å². The van der Waals surface area contributed by atoms with Crippen molar-refractivity contribution in [2.75, 3.05) is 18.0 Å². The lowest BCUT2D eigenvalue weighted by atomic mass is 9.99. The van der Waals surface area contributed by atoms with Crippen LogP contribution in [0, 0.1) is 25.7 Å². The summed E-state index contributed by atoms with van der Waals surface area (Å²) in [7, 11) is 0. The van der Waals surface area contributed by atoms with Gasteiger partial charge in [-0.05, 0) is 38.5 Å². The summed E-state index contributed by atoms with van der Waals surface area (Å²) in [6.07, 6.45) is 4.56. The molecule has 19 heavy (non-hydrogen) atoms. The molecule has 3 rings (SSSR count). The van der Waals surface area contributed by atoms with E-state index in [9.17, 15) is 0 Å². The highest BCUT2D eigenvalue weighted by atomic mass is 35.5. The first-order chi connectivity index (χ1) is 8.15. The number of aryl methyl sites for hydroxylation is 2. The Labute approximate surface area is 127 Å². The van der Waals surface area contributed by atoms with Crippen LogP contribution >= 0.6 is 24.8 Å². The molecule has 1 aromatic rings. The molecule has 6 heteroatoms. The maximum absolute atomic E-state index is 6.25. The van der Waals surface area contributed by atoms with Gasteiger partial charge in [-0.3, -0.25) is 4.98 Å². The molecule has 0 bridgehead atoms. The van der Waals surface area contributed by atoms with Gasteiger partial charge in [-0.15, -0.1) is 24.8 Å². The number of hydrogen-bond acceptors (Lipinski definition) is 4. The highest BCUT2D eigenvalue weighted by Gasteiger charge is 2.41. The minimum absolute atomic E-state index is 0. The molecule has 2 heterocycles. The highest BCUT2D eigenvalue weighted by Crippen LogP contribution is 2.41. The van der Waals surface area contributed by atoms with Gasteiger partial charge in [0, 0.05) is 25.3 Å². The zero-order valence-corrected chi connectivity index (χ0v) is 13.0. The molecule has 4 nitrogen and oxygen atoms in total. The van der Waals surface area contributed by atoms with Crippen molar-refractivity contribution in [1.29, 1.82) is 0 Å². The summed E-state index contributed by atoms with van der Waals surface area (Å²) in [4.78, 5) is 11.3. The summed E-state index contributed by atoms with van der Waals surface area (Å²) in [5, 5.41) is 0. The minimum Gasteiger partial charge on any atom is -0.353 e. The molecule has 1 aromatic heterocycles. The quantitative estimate of drug-likeness (QED) is 0.909. The van der Waals surface area contributed by atoms with Crippen molar-refractivity contribution in [2.24, 2.45) is 17.6 Å².